The van der Waals surface area contributed by atoms with Gasteiger partial charge in [0.1, 0.15) is 16.5 Å². The SMILES string of the molecule is CCN=CC(C(=O)OCC)=C(O)c1cc(Cl)ncc1Cl. The zero-order valence-electron chi connectivity index (χ0n) is 11.1. The minimum absolute atomic E-state index is 0.0853. The Kier molecular flexibility index (Phi) is 6.48. The Bertz CT molecular complexity index is 557. The summed E-state index contributed by atoms with van der Waals surface area (Å²) < 4.78 is 4.87. The van der Waals surface area contributed by atoms with E-state index in [2.05, 4.69) is 9.98 Å². The zero-order chi connectivity index (χ0) is 15.1. The smallest absolute Gasteiger partial charge is 0.343 e. The van der Waals surface area contributed by atoms with Gasteiger partial charge in [0.15, 0.2) is 0 Å². The summed E-state index contributed by atoms with van der Waals surface area (Å²) in [4.78, 5) is 19.6. The largest absolute Gasteiger partial charge is 0.506 e. The number of hydrogen-bond donors (Lipinski definition) is 1. The molecule has 0 aliphatic rings. The molecule has 0 unspecified atom stereocenters. The normalized spacial score (nSPS) is 12.4. The molecule has 108 valence electrons. The maximum Gasteiger partial charge on any atom is 0.343 e. The zero-order valence-corrected chi connectivity index (χ0v) is 12.6. The van der Waals surface area contributed by atoms with Crippen LogP contribution in [0.1, 0.15) is 19.4 Å². The average Bonchev–Trinajstić information content (AvgIpc) is 2.42. The average molecular weight is 317 g/mol. The van der Waals surface area contributed by atoms with E-state index in [1.807, 2.05) is 0 Å². The summed E-state index contributed by atoms with van der Waals surface area (Å²) in [5.74, 6) is -1.04. The van der Waals surface area contributed by atoms with Crippen LogP contribution >= 0.6 is 23.2 Å². The van der Waals surface area contributed by atoms with Gasteiger partial charge in [-0.05, 0) is 19.9 Å². The number of nitrogens with zero attached hydrogens (tertiary/aromatic N) is 2. The molecule has 7 heteroatoms. The Morgan fingerprint density at radius 1 is 1.50 bits per heavy atom. The van der Waals surface area contributed by atoms with Gasteiger partial charge in [-0.15, -0.1) is 0 Å². The lowest BCUT2D eigenvalue weighted by Gasteiger charge is -2.08. The molecule has 1 aromatic rings. The highest BCUT2D eigenvalue weighted by Crippen LogP contribution is 2.26. The molecular formula is C13H14Cl2N2O3. The van der Waals surface area contributed by atoms with Gasteiger partial charge in [0.25, 0.3) is 0 Å². The molecule has 0 aliphatic carbocycles. The van der Waals surface area contributed by atoms with Crippen molar-refractivity contribution in [2.24, 2.45) is 4.99 Å². The van der Waals surface area contributed by atoms with Gasteiger partial charge in [-0.3, -0.25) is 4.99 Å². The van der Waals surface area contributed by atoms with E-state index in [4.69, 9.17) is 27.9 Å². The highest BCUT2D eigenvalue weighted by atomic mass is 35.5. The lowest BCUT2D eigenvalue weighted by Crippen LogP contribution is -2.11. The maximum atomic E-state index is 11.8. The van der Waals surface area contributed by atoms with Crippen LogP contribution in [0.2, 0.25) is 10.2 Å². The van der Waals surface area contributed by atoms with Crippen molar-refractivity contribution >= 4 is 41.1 Å². The van der Waals surface area contributed by atoms with Gasteiger partial charge in [-0.25, -0.2) is 9.78 Å². The summed E-state index contributed by atoms with van der Waals surface area (Å²) in [6.45, 7) is 4.11. The van der Waals surface area contributed by atoms with Crippen molar-refractivity contribution < 1.29 is 14.6 Å². The maximum absolute atomic E-state index is 11.8. The van der Waals surface area contributed by atoms with Gasteiger partial charge < -0.3 is 9.84 Å². The number of carbonyl (C=O) groups excluding carboxylic acids is 1. The summed E-state index contributed by atoms with van der Waals surface area (Å²) in [6, 6.07) is 1.36. The standard InChI is InChI=1S/C13H14Cl2N2O3/c1-3-16-6-9(13(19)20-4-2)12(18)8-5-11(15)17-7-10(8)14/h5-7,18H,3-4H2,1-2H3. The number of ether oxygens (including phenoxy) is 1. The molecule has 0 aliphatic heterocycles. The van der Waals surface area contributed by atoms with E-state index in [-0.39, 0.29) is 33.7 Å². The molecule has 0 saturated heterocycles. The predicted octanol–water partition coefficient (Wildman–Crippen LogP) is 3.31. The minimum Gasteiger partial charge on any atom is -0.506 e. The molecule has 1 rings (SSSR count). The first kappa shape index (κ1) is 16.5. The highest BCUT2D eigenvalue weighted by molar-refractivity contribution is 6.34. The quantitative estimate of drug-likeness (QED) is 0.297. The van der Waals surface area contributed by atoms with Gasteiger partial charge in [0, 0.05) is 24.5 Å². The second-order valence-electron chi connectivity index (χ2n) is 3.60. The Labute approximate surface area is 126 Å². The number of aliphatic imine (C=N–C) groups is 1. The molecule has 20 heavy (non-hydrogen) atoms. The molecule has 1 heterocycles. The summed E-state index contributed by atoms with van der Waals surface area (Å²) in [6.07, 6.45) is 2.53. The number of esters is 1. The Balaban J connectivity index is 3.35. The molecule has 0 amide bonds. The van der Waals surface area contributed by atoms with Crippen LogP contribution in [0, 0.1) is 0 Å². The van der Waals surface area contributed by atoms with Crippen molar-refractivity contribution in [2.45, 2.75) is 13.8 Å². The third-order valence-corrected chi connectivity index (χ3v) is 2.74. The lowest BCUT2D eigenvalue weighted by molar-refractivity contribution is -0.137. The number of pyridine rings is 1. The van der Waals surface area contributed by atoms with Crippen LogP contribution in [0.3, 0.4) is 0 Å². The van der Waals surface area contributed by atoms with Crippen LogP contribution in [-0.2, 0) is 9.53 Å². The fourth-order valence-electron chi connectivity index (χ4n) is 1.34. The van der Waals surface area contributed by atoms with Crippen molar-refractivity contribution in [1.29, 1.82) is 0 Å². The summed E-state index contributed by atoms with van der Waals surface area (Å²) in [7, 11) is 0. The van der Waals surface area contributed by atoms with Crippen molar-refractivity contribution in [1.82, 2.24) is 4.98 Å². The van der Waals surface area contributed by atoms with Crippen molar-refractivity contribution in [3.8, 4) is 0 Å². The van der Waals surface area contributed by atoms with E-state index in [1.54, 1.807) is 13.8 Å². The van der Waals surface area contributed by atoms with E-state index >= 15 is 0 Å². The molecule has 0 radical (unpaired) electrons. The Morgan fingerprint density at radius 3 is 2.80 bits per heavy atom. The first-order chi connectivity index (χ1) is 9.51. The predicted molar refractivity (Wildman–Crippen MR) is 79.5 cm³/mol. The van der Waals surface area contributed by atoms with Crippen LogP contribution in [-0.4, -0.2) is 35.4 Å². The second-order valence-corrected chi connectivity index (χ2v) is 4.39. The number of aliphatic hydroxyl groups is 1. The highest BCUT2D eigenvalue weighted by Gasteiger charge is 2.18. The fraction of sp³-hybridized carbons (Fsp3) is 0.308. The lowest BCUT2D eigenvalue weighted by atomic mass is 10.1. The number of halogens is 2. The number of aromatic nitrogens is 1. The summed E-state index contributed by atoms with van der Waals surface area (Å²) in [5.41, 5.74) is 0.107. The van der Waals surface area contributed by atoms with Gasteiger partial charge in [-0.2, -0.15) is 0 Å². The van der Waals surface area contributed by atoms with Gasteiger partial charge in [0.05, 0.1) is 11.6 Å². The first-order valence-electron chi connectivity index (χ1n) is 5.92. The molecule has 0 atom stereocenters. The number of carbonyl (C=O) groups is 1. The minimum atomic E-state index is -0.689. The first-order valence-corrected chi connectivity index (χ1v) is 6.68. The van der Waals surface area contributed by atoms with Crippen LogP contribution < -0.4 is 0 Å². The third-order valence-electron chi connectivity index (χ3n) is 2.23. The molecule has 1 N–H and O–H groups in total. The second kappa shape index (κ2) is 7.87. The molecule has 1 aromatic heterocycles. The molecule has 0 bridgehead atoms. The van der Waals surface area contributed by atoms with E-state index in [1.165, 1.54) is 18.5 Å². The summed E-state index contributed by atoms with van der Waals surface area (Å²) in [5, 5.41) is 10.5. The van der Waals surface area contributed by atoms with E-state index in [0.29, 0.717) is 6.54 Å². The number of aliphatic hydroxyl groups excluding tert-OH is 1. The van der Waals surface area contributed by atoms with Crippen LogP contribution in [0.25, 0.3) is 5.76 Å². The van der Waals surface area contributed by atoms with Crippen molar-refractivity contribution in [3.05, 3.63) is 33.6 Å². The van der Waals surface area contributed by atoms with Crippen LogP contribution in [0.15, 0.2) is 22.8 Å². The number of hydrogen-bond acceptors (Lipinski definition) is 5. The molecule has 5 nitrogen and oxygen atoms in total. The summed E-state index contributed by atoms with van der Waals surface area (Å²) >= 11 is 11.7. The fourth-order valence-corrected chi connectivity index (χ4v) is 1.69. The Morgan fingerprint density at radius 2 is 2.20 bits per heavy atom. The monoisotopic (exact) mass is 316 g/mol. The van der Waals surface area contributed by atoms with Crippen molar-refractivity contribution in [3.63, 3.8) is 0 Å². The van der Waals surface area contributed by atoms with Gasteiger partial charge in [-0.1, -0.05) is 23.2 Å². The molecule has 0 saturated carbocycles. The topological polar surface area (TPSA) is 71.8 Å². The van der Waals surface area contributed by atoms with E-state index in [9.17, 15) is 9.90 Å². The molecule has 0 spiro atoms. The van der Waals surface area contributed by atoms with Crippen molar-refractivity contribution in [2.75, 3.05) is 13.2 Å². The van der Waals surface area contributed by atoms with Gasteiger partial charge >= 0.3 is 5.97 Å². The molecule has 0 aromatic carbocycles. The van der Waals surface area contributed by atoms with E-state index in [0.717, 1.165) is 0 Å². The third kappa shape index (κ3) is 4.21. The number of rotatable bonds is 5. The Hall–Kier alpha value is -1.59. The van der Waals surface area contributed by atoms with Crippen LogP contribution in [0.5, 0.6) is 0 Å². The van der Waals surface area contributed by atoms with Gasteiger partial charge in [0.2, 0.25) is 0 Å². The van der Waals surface area contributed by atoms with E-state index < -0.39 is 5.97 Å². The molecular weight excluding hydrogens is 303 g/mol. The van der Waals surface area contributed by atoms with Crippen LogP contribution in [0.4, 0.5) is 0 Å². The molecule has 0 fully saturated rings.